The van der Waals surface area contributed by atoms with E-state index in [1.54, 1.807) is 31.2 Å². The lowest BCUT2D eigenvalue weighted by molar-refractivity contribution is -0.143. The van der Waals surface area contributed by atoms with Gasteiger partial charge in [0.25, 0.3) is 5.91 Å². The maximum Gasteiger partial charge on any atom is 0.251 e. The minimum atomic E-state index is -0.978. The van der Waals surface area contributed by atoms with Crippen molar-refractivity contribution in [2.24, 2.45) is 0 Å². The second-order valence-electron chi connectivity index (χ2n) is 9.24. The maximum atomic E-state index is 13.6. The predicted molar refractivity (Wildman–Crippen MR) is 129 cm³/mol. The molecule has 35 heavy (non-hydrogen) atoms. The van der Waals surface area contributed by atoms with Gasteiger partial charge in [0.2, 0.25) is 11.7 Å². The summed E-state index contributed by atoms with van der Waals surface area (Å²) < 4.78 is 11.4. The van der Waals surface area contributed by atoms with E-state index in [0.29, 0.717) is 17.3 Å². The number of rotatable bonds is 8. The van der Waals surface area contributed by atoms with Gasteiger partial charge in [0.15, 0.2) is 11.8 Å². The summed E-state index contributed by atoms with van der Waals surface area (Å²) in [7, 11) is 0. The van der Waals surface area contributed by atoms with Crippen LogP contribution >= 0.6 is 11.3 Å². The van der Waals surface area contributed by atoms with Gasteiger partial charge in [-0.3, -0.25) is 9.59 Å². The summed E-state index contributed by atoms with van der Waals surface area (Å²) in [6.07, 6.45) is 0. The molecular weight excluding hydrogens is 468 g/mol. The molecular formula is C24H28N6O4S. The molecule has 1 atom stereocenters. The van der Waals surface area contributed by atoms with Crippen molar-refractivity contribution >= 4 is 23.2 Å². The van der Waals surface area contributed by atoms with Crippen LogP contribution in [0.5, 0.6) is 0 Å². The molecule has 0 aliphatic carbocycles. The van der Waals surface area contributed by atoms with Crippen molar-refractivity contribution in [1.29, 1.82) is 0 Å². The highest BCUT2D eigenvalue weighted by atomic mass is 32.1. The van der Waals surface area contributed by atoms with E-state index in [2.05, 4.69) is 20.7 Å². The number of hydrogen-bond acceptors (Lipinski definition) is 8. The number of nitrogens with zero attached hydrogens (tertiary/aromatic N) is 5. The van der Waals surface area contributed by atoms with Gasteiger partial charge in [0.1, 0.15) is 23.8 Å². The lowest BCUT2D eigenvalue weighted by atomic mass is 10.1. The average molecular weight is 497 g/mol. The highest BCUT2D eigenvalue weighted by Crippen LogP contribution is 2.28. The molecule has 4 rings (SSSR count). The Bertz CT molecular complexity index is 1300. The van der Waals surface area contributed by atoms with E-state index in [1.807, 2.05) is 45.2 Å². The Hall–Kier alpha value is -3.73. The molecule has 0 unspecified atom stereocenters. The van der Waals surface area contributed by atoms with Crippen molar-refractivity contribution in [3.8, 4) is 11.6 Å². The fourth-order valence-electron chi connectivity index (χ4n) is 3.53. The number of carbonyl (C=O) groups excluding carboxylic acids is 2. The first-order valence-corrected chi connectivity index (χ1v) is 12.0. The first kappa shape index (κ1) is 24.4. The zero-order chi connectivity index (χ0) is 25.2. The second-order valence-corrected chi connectivity index (χ2v) is 10.3. The maximum absolute atomic E-state index is 13.6. The SMILES string of the molecule is Cc1ccc(-c2nnn(CC(=O)N(Cc3cccs3)[C@@H](C(=O)NC(C)(C)C)c3ccc(C)o3)n2)o1. The Kier molecular flexibility index (Phi) is 6.88. The molecule has 1 N–H and O–H groups in total. The van der Waals surface area contributed by atoms with E-state index >= 15 is 0 Å². The standard InChI is InChI=1S/C24H28N6O4S/c1-15-8-10-18(33-15)21(23(32)25-24(3,4)5)29(13-17-7-6-12-35-17)20(31)14-30-27-22(26-28-30)19-11-9-16(2)34-19/h6-12,21H,13-14H2,1-5H3,(H,25,32)/t21-/m1/s1. The number of thiophene rings is 1. The number of carbonyl (C=O) groups is 2. The average Bonchev–Trinajstić information content (AvgIpc) is 3.55. The lowest BCUT2D eigenvalue weighted by Gasteiger charge is -2.32. The summed E-state index contributed by atoms with van der Waals surface area (Å²) in [4.78, 5) is 30.7. The molecule has 184 valence electrons. The Balaban J connectivity index is 1.65. The van der Waals surface area contributed by atoms with Gasteiger partial charge in [-0.15, -0.1) is 21.5 Å². The molecule has 11 heteroatoms. The number of hydrogen-bond donors (Lipinski definition) is 1. The third kappa shape index (κ3) is 6.04. The summed E-state index contributed by atoms with van der Waals surface area (Å²) in [5.41, 5.74) is -0.502. The van der Waals surface area contributed by atoms with Crippen LogP contribution in [0.2, 0.25) is 0 Å². The van der Waals surface area contributed by atoms with Gasteiger partial charge in [-0.05, 0) is 75.5 Å². The van der Waals surface area contributed by atoms with Gasteiger partial charge in [-0.25, -0.2) is 0 Å². The van der Waals surface area contributed by atoms with Crippen LogP contribution in [0.15, 0.2) is 50.6 Å². The van der Waals surface area contributed by atoms with Crippen LogP contribution in [0.3, 0.4) is 0 Å². The lowest BCUT2D eigenvalue weighted by Crippen LogP contribution is -2.49. The van der Waals surface area contributed by atoms with Crippen LogP contribution < -0.4 is 5.32 Å². The smallest absolute Gasteiger partial charge is 0.251 e. The fraction of sp³-hybridized carbons (Fsp3) is 0.375. The first-order valence-electron chi connectivity index (χ1n) is 11.1. The molecule has 0 fully saturated rings. The van der Waals surface area contributed by atoms with Crippen molar-refractivity contribution < 1.29 is 18.4 Å². The normalized spacial score (nSPS) is 12.5. The van der Waals surface area contributed by atoms with Crippen LogP contribution in [0.25, 0.3) is 11.6 Å². The molecule has 0 bridgehead atoms. The van der Waals surface area contributed by atoms with E-state index < -0.39 is 11.6 Å². The molecule has 0 saturated heterocycles. The summed E-state index contributed by atoms with van der Waals surface area (Å²) >= 11 is 1.50. The molecule has 4 aromatic rings. The monoisotopic (exact) mass is 496 g/mol. The van der Waals surface area contributed by atoms with Gasteiger partial charge in [-0.2, -0.15) is 4.80 Å². The number of furan rings is 2. The van der Waals surface area contributed by atoms with E-state index in [4.69, 9.17) is 8.83 Å². The third-order valence-corrected chi connectivity index (χ3v) is 5.87. The molecule has 4 heterocycles. The van der Waals surface area contributed by atoms with Crippen LogP contribution in [0.1, 0.15) is 49.0 Å². The number of aromatic nitrogens is 4. The van der Waals surface area contributed by atoms with Gasteiger partial charge in [0.05, 0.1) is 6.54 Å². The second kappa shape index (κ2) is 9.87. The number of amides is 2. The van der Waals surface area contributed by atoms with Gasteiger partial charge in [0, 0.05) is 10.4 Å². The predicted octanol–water partition coefficient (Wildman–Crippen LogP) is 3.89. The largest absolute Gasteiger partial charge is 0.464 e. The molecule has 0 aliphatic rings. The van der Waals surface area contributed by atoms with E-state index in [-0.39, 0.29) is 30.7 Å². The quantitative estimate of drug-likeness (QED) is 0.393. The van der Waals surface area contributed by atoms with E-state index in [0.717, 1.165) is 10.6 Å². The number of aryl methyl sites for hydroxylation is 2. The van der Waals surface area contributed by atoms with Crippen LogP contribution in [-0.2, 0) is 22.7 Å². The first-order chi connectivity index (χ1) is 16.6. The van der Waals surface area contributed by atoms with Crippen molar-refractivity contribution in [2.45, 2.75) is 59.3 Å². The molecule has 0 aromatic carbocycles. The van der Waals surface area contributed by atoms with E-state index in [1.165, 1.54) is 21.0 Å². The molecule has 4 aromatic heterocycles. The van der Waals surface area contributed by atoms with Crippen molar-refractivity contribution in [1.82, 2.24) is 30.4 Å². The zero-order valence-corrected chi connectivity index (χ0v) is 21.1. The molecule has 0 radical (unpaired) electrons. The van der Waals surface area contributed by atoms with Crippen LogP contribution in [-0.4, -0.2) is 42.5 Å². The number of tetrazole rings is 1. The topological polar surface area (TPSA) is 119 Å². The Morgan fingerprint density at radius 3 is 2.46 bits per heavy atom. The van der Waals surface area contributed by atoms with Crippen molar-refractivity contribution in [3.63, 3.8) is 0 Å². The van der Waals surface area contributed by atoms with Crippen LogP contribution in [0.4, 0.5) is 0 Å². The highest BCUT2D eigenvalue weighted by Gasteiger charge is 2.36. The van der Waals surface area contributed by atoms with Crippen molar-refractivity contribution in [2.75, 3.05) is 0 Å². The summed E-state index contributed by atoms with van der Waals surface area (Å²) in [6, 6.07) is 9.89. The summed E-state index contributed by atoms with van der Waals surface area (Å²) in [5.74, 6) is 1.79. The van der Waals surface area contributed by atoms with Crippen LogP contribution in [0, 0.1) is 13.8 Å². The van der Waals surface area contributed by atoms with Crippen molar-refractivity contribution in [3.05, 3.63) is 63.9 Å². The molecule has 2 amide bonds. The van der Waals surface area contributed by atoms with Gasteiger partial charge >= 0.3 is 0 Å². The molecule has 0 saturated carbocycles. The van der Waals surface area contributed by atoms with Gasteiger partial charge < -0.3 is 19.1 Å². The fourth-order valence-corrected chi connectivity index (χ4v) is 4.23. The minimum absolute atomic E-state index is 0.211. The molecule has 0 spiro atoms. The van der Waals surface area contributed by atoms with Gasteiger partial charge in [-0.1, -0.05) is 6.07 Å². The molecule has 10 nitrogen and oxygen atoms in total. The Labute approximate surface area is 206 Å². The number of nitrogens with one attached hydrogen (secondary N) is 1. The molecule has 0 aliphatic heterocycles. The minimum Gasteiger partial charge on any atom is -0.464 e. The Morgan fingerprint density at radius 1 is 1.11 bits per heavy atom. The highest BCUT2D eigenvalue weighted by molar-refractivity contribution is 7.09. The zero-order valence-electron chi connectivity index (χ0n) is 20.3. The Morgan fingerprint density at radius 2 is 1.86 bits per heavy atom. The summed E-state index contributed by atoms with van der Waals surface area (Å²) in [6.45, 7) is 9.28. The third-order valence-electron chi connectivity index (χ3n) is 5.01. The van der Waals surface area contributed by atoms with E-state index in [9.17, 15) is 9.59 Å². The summed E-state index contributed by atoms with van der Waals surface area (Å²) in [5, 5.41) is 17.2.